The summed E-state index contributed by atoms with van der Waals surface area (Å²) < 4.78 is 0. The minimum absolute atomic E-state index is 0. The molecule has 0 atom stereocenters. The van der Waals surface area contributed by atoms with Crippen LogP contribution in [0, 0.1) is 13.8 Å². The van der Waals surface area contributed by atoms with Gasteiger partial charge >= 0.3 is 19.5 Å². The Morgan fingerprint density at radius 1 is 0.667 bits per heavy atom. The normalized spacial score (nSPS) is 8.86. The van der Waals surface area contributed by atoms with Crippen LogP contribution >= 0.6 is 0 Å². The summed E-state index contributed by atoms with van der Waals surface area (Å²) in [5, 5.41) is 20.4. The van der Waals surface area contributed by atoms with E-state index in [0.29, 0.717) is 0 Å². The molecule has 0 aliphatic rings. The van der Waals surface area contributed by atoms with Crippen molar-refractivity contribution in [1.29, 1.82) is 0 Å². The van der Waals surface area contributed by atoms with E-state index in [4.69, 9.17) is 0 Å². The first-order valence-corrected chi connectivity index (χ1v) is 5.96. The van der Waals surface area contributed by atoms with Gasteiger partial charge in [-0.05, 0) is 25.0 Å². The topological polar surface area (TPSA) is 80.3 Å². The van der Waals surface area contributed by atoms with E-state index in [2.05, 4.69) is 0 Å². The van der Waals surface area contributed by atoms with Crippen LogP contribution in [-0.4, -0.2) is 11.9 Å². The summed E-state index contributed by atoms with van der Waals surface area (Å²) >= 11 is 0. The molecule has 111 valence electrons. The van der Waals surface area contributed by atoms with Crippen LogP contribution in [-0.2, 0) is 19.5 Å². The summed E-state index contributed by atoms with van der Waals surface area (Å²) in [6.07, 6.45) is 0. The summed E-state index contributed by atoms with van der Waals surface area (Å²) in [6, 6.07) is 13.1. The third-order valence-electron chi connectivity index (χ3n) is 2.57. The van der Waals surface area contributed by atoms with Crippen molar-refractivity contribution in [2.45, 2.75) is 13.8 Å². The number of hydrogen-bond donors (Lipinski definition) is 0. The molecule has 0 amide bonds. The molecule has 4 nitrogen and oxygen atoms in total. The van der Waals surface area contributed by atoms with Crippen molar-refractivity contribution in [2.24, 2.45) is 0 Å². The molecule has 0 N–H and O–H groups in total. The number of rotatable bonds is 2. The van der Waals surface area contributed by atoms with E-state index in [9.17, 15) is 19.8 Å². The zero-order valence-corrected chi connectivity index (χ0v) is 13.2. The maximum atomic E-state index is 10.2. The first-order chi connectivity index (χ1) is 9.40. The van der Waals surface area contributed by atoms with Crippen LogP contribution in [0.1, 0.15) is 31.8 Å². The van der Waals surface area contributed by atoms with Gasteiger partial charge in [-0.15, -0.1) is 0 Å². The molecule has 0 heterocycles. The van der Waals surface area contributed by atoms with Gasteiger partial charge < -0.3 is 19.8 Å². The molecule has 1 radical (unpaired) electrons. The van der Waals surface area contributed by atoms with E-state index in [0.717, 1.165) is 11.1 Å². The van der Waals surface area contributed by atoms with Gasteiger partial charge in [-0.3, -0.25) is 0 Å². The first-order valence-electron chi connectivity index (χ1n) is 5.96. The summed E-state index contributed by atoms with van der Waals surface area (Å²) in [6.45, 7) is 3.80. The van der Waals surface area contributed by atoms with Crippen LogP contribution in [0.3, 0.4) is 0 Å². The standard InChI is InChI=1S/2C8H8O2.Rh/c2*1-6-2-4-7(5-3-6)8(9)10;/h2*2-5H,1H3,(H,9,10);/q;;+2/p-2. The van der Waals surface area contributed by atoms with Crippen LogP contribution in [0.2, 0.25) is 0 Å². The Bertz CT molecular complexity index is 533. The van der Waals surface area contributed by atoms with Crippen molar-refractivity contribution in [3.63, 3.8) is 0 Å². The predicted molar refractivity (Wildman–Crippen MR) is 71.0 cm³/mol. The van der Waals surface area contributed by atoms with E-state index in [1.165, 1.54) is 24.3 Å². The summed E-state index contributed by atoms with van der Waals surface area (Å²) in [7, 11) is 0. The van der Waals surface area contributed by atoms with Gasteiger partial charge in [0, 0.05) is 0 Å². The van der Waals surface area contributed by atoms with Gasteiger partial charge in [0.2, 0.25) is 0 Å². The second-order valence-electron chi connectivity index (χ2n) is 4.31. The Labute approximate surface area is 136 Å². The van der Waals surface area contributed by atoms with Gasteiger partial charge in [-0.2, -0.15) is 0 Å². The zero-order chi connectivity index (χ0) is 15.1. The van der Waals surface area contributed by atoms with E-state index < -0.39 is 11.9 Å². The number of benzene rings is 2. The number of carbonyl (C=O) groups excluding carboxylic acids is 2. The number of carboxylic acid groups (broad SMARTS) is 2. The van der Waals surface area contributed by atoms with Crippen molar-refractivity contribution in [2.75, 3.05) is 0 Å². The third kappa shape index (κ3) is 6.82. The SMILES string of the molecule is Cc1ccc(C(=O)[O-])cc1.Cc1ccc(C(=O)[O-])cc1.[Rh+2]. The van der Waals surface area contributed by atoms with E-state index in [1.54, 1.807) is 24.3 Å². The molecule has 21 heavy (non-hydrogen) atoms. The number of aryl methyl sites for hydroxylation is 2. The summed E-state index contributed by atoms with van der Waals surface area (Å²) in [5.41, 5.74) is 2.55. The van der Waals surface area contributed by atoms with E-state index >= 15 is 0 Å². The molecular weight excluding hydrogens is 359 g/mol. The molecule has 0 spiro atoms. The Morgan fingerprint density at radius 3 is 1.10 bits per heavy atom. The molecule has 0 bridgehead atoms. The van der Waals surface area contributed by atoms with Gasteiger partial charge in [0.05, 0.1) is 11.9 Å². The molecule has 0 fully saturated rings. The van der Waals surface area contributed by atoms with Crippen LogP contribution in [0.4, 0.5) is 0 Å². The van der Waals surface area contributed by atoms with Gasteiger partial charge in [0.25, 0.3) is 0 Å². The zero-order valence-electron chi connectivity index (χ0n) is 11.6. The molecule has 2 rings (SSSR count). The molecule has 0 saturated heterocycles. The summed E-state index contributed by atoms with van der Waals surface area (Å²) in [5.74, 6) is -2.25. The number of carboxylic acids is 2. The fourth-order valence-electron chi connectivity index (χ4n) is 1.38. The average Bonchev–Trinajstić information content (AvgIpc) is 2.40. The second-order valence-corrected chi connectivity index (χ2v) is 4.31. The third-order valence-corrected chi connectivity index (χ3v) is 2.57. The number of aromatic carboxylic acids is 2. The van der Waals surface area contributed by atoms with Crippen LogP contribution in [0.5, 0.6) is 0 Å². The Hall–Kier alpha value is -2.00. The minimum atomic E-state index is -1.12. The number of carbonyl (C=O) groups is 2. The van der Waals surface area contributed by atoms with Gasteiger partial charge in [0.1, 0.15) is 0 Å². The summed E-state index contributed by atoms with van der Waals surface area (Å²) in [4.78, 5) is 20.4. The molecule has 0 aliphatic carbocycles. The molecule has 0 unspecified atom stereocenters. The molecule has 2 aromatic carbocycles. The molecule has 5 heteroatoms. The van der Waals surface area contributed by atoms with Crippen molar-refractivity contribution in [1.82, 2.24) is 0 Å². The van der Waals surface area contributed by atoms with E-state index in [1.807, 2.05) is 13.8 Å². The average molecular weight is 373 g/mol. The van der Waals surface area contributed by atoms with Gasteiger partial charge in [-0.1, -0.05) is 59.7 Å². The molecule has 0 saturated carbocycles. The Morgan fingerprint density at radius 2 is 0.905 bits per heavy atom. The van der Waals surface area contributed by atoms with Crippen LogP contribution in [0.25, 0.3) is 0 Å². The van der Waals surface area contributed by atoms with Gasteiger partial charge in [-0.25, -0.2) is 0 Å². The smallest absolute Gasteiger partial charge is 0.545 e. The predicted octanol–water partition coefficient (Wildman–Crippen LogP) is 0.715. The number of hydrogen-bond acceptors (Lipinski definition) is 4. The van der Waals surface area contributed by atoms with Gasteiger partial charge in [0.15, 0.2) is 0 Å². The van der Waals surface area contributed by atoms with Crippen molar-refractivity contribution < 1.29 is 39.3 Å². The van der Waals surface area contributed by atoms with E-state index in [-0.39, 0.29) is 30.6 Å². The second kappa shape index (κ2) is 9.03. The maximum Gasteiger partial charge on any atom is 2.00 e. The Balaban J connectivity index is 0.000000364. The fraction of sp³-hybridized carbons (Fsp3) is 0.125. The Kier molecular flexibility index (Phi) is 8.18. The van der Waals surface area contributed by atoms with Crippen LogP contribution in [0.15, 0.2) is 48.5 Å². The molecule has 0 aliphatic heterocycles. The fourth-order valence-corrected chi connectivity index (χ4v) is 1.38. The minimum Gasteiger partial charge on any atom is -0.545 e. The monoisotopic (exact) mass is 373 g/mol. The largest absolute Gasteiger partial charge is 2.00 e. The van der Waals surface area contributed by atoms with Crippen molar-refractivity contribution >= 4 is 11.9 Å². The van der Waals surface area contributed by atoms with Crippen LogP contribution < -0.4 is 10.2 Å². The first kappa shape index (κ1) is 19.0. The quantitative estimate of drug-likeness (QED) is 0.727. The molecular formula is C16H14O4Rh. The molecule has 0 aromatic heterocycles. The molecule has 2 aromatic rings. The van der Waals surface area contributed by atoms with Crippen molar-refractivity contribution in [3.05, 3.63) is 70.8 Å². The maximum absolute atomic E-state index is 10.2. The van der Waals surface area contributed by atoms with Crippen molar-refractivity contribution in [3.8, 4) is 0 Å².